The van der Waals surface area contributed by atoms with E-state index >= 15 is 0 Å². The van der Waals surface area contributed by atoms with E-state index in [0.29, 0.717) is 13.0 Å². The zero-order chi connectivity index (χ0) is 14.9. The molecule has 7 nitrogen and oxygen atoms in total. The van der Waals surface area contributed by atoms with Gasteiger partial charge in [-0.15, -0.1) is 0 Å². The largest absolute Gasteiger partial charge is 0.331 e. The summed E-state index contributed by atoms with van der Waals surface area (Å²) in [6.07, 6.45) is 2.63. The van der Waals surface area contributed by atoms with Crippen molar-refractivity contribution in [2.24, 2.45) is 11.3 Å². The fraction of sp³-hybridized carbons (Fsp3) is 0.769. The predicted molar refractivity (Wildman–Crippen MR) is 72.0 cm³/mol. The first-order valence-corrected chi connectivity index (χ1v) is 6.96. The van der Waals surface area contributed by atoms with Crippen molar-refractivity contribution in [2.75, 3.05) is 19.6 Å². The van der Waals surface area contributed by atoms with Crippen LogP contribution < -0.4 is 11.3 Å². The van der Waals surface area contributed by atoms with Gasteiger partial charge in [-0.05, 0) is 33.1 Å². The zero-order valence-corrected chi connectivity index (χ0v) is 12.0. The number of amides is 3. The van der Waals surface area contributed by atoms with Gasteiger partial charge in [-0.3, -0.25) is 19.8 Å². The fourth-order valence-corrected chi connectivity index (χ4v) is 2.91. The van der Waals surface area contributed by atoms with Crippen molar-refractivity contribution < 1.29 is 14.4 Å². The molecule has 20 heavy (non-hydrogen) atoms. The van der Waals surface area contributed by atoms with Crippen LogP contribution in [-0.2, 0) is 14.4 Å². The molecule has 0 aromatic rings. The van der Waals surface area contributed by atoms with Gasteiger partial charge in [-0.1, -0.05) is 0 Å². The molecule has 7 heteroatoms. The number of hydrazine groups is 1. The molecule has 0 saturated carbocycles. The van der Waals surface area contributed by atoms with Crippen LogP contribution in [0.1, 0.15) is 33.1 Å². The lowest BCUT2D eigenvalue weighted by Crippen LogP contribution is -2.63. The average Bonchev–Trinajstić information content (AvgIpc) is 2.43. The molecule has 0 spiro atoms. The summed E-state index contributed by atoms with van der Waals surface area (Å²) in [5, 5.41) is 0. The second-order valence-corrected chi connectivity index (χ2v) is 6.15. The van der Waals surface area contributed by atoms with E-state index in [1.54, 1.807) is 18.7 Å². The summed E-state index contributed by atoms with van der Waals surface area (Å²) in [6, 6.07) is -0.346. The number of carbonyl (C=O) groups is 3. The van der Waals surface area contributed by atoms with E-state index in [2.05, 4.69) is 5.43 Å². The number of piperazine rings is 1. The summed E-state index contributed by atoms with van der Waals surface area (Å²) < 4.78 is 0. The number of hydrogen-bond acceptors (Lipinski definition) is 4. The summed E-state index contributed by atoms with van der Waals surface area (Å²) in [7, 11) is 0. The van der Waals surface area contributed by atoms with Crippen LogP contribution in [0, 0.1) is 5.41 Å². The van der Waals surface area contributed by atoms with Crippen LogP contribution in [0.2, 0.25) is 0 Å². The molecule has 1 atom stereocenters. The molecule has 0 aromatic carbocycles. The van der Waals surface area contributed by atoms with Crippen LogP contribution in [0.3, 0.4) is 0 Å². The van der Waals surface area contributed by atoms with E-state index in [4.69, 9.17) is 5.84 Å². The molecule has 2 rings (SSSR count). The second kappa shape index (κ2) is 5.40. The zero-order valence-electron chi connectivity index (χ0n) is 12.0. The first-order valence-electron chi connectivity index (χ1n) is 6.96. The molecular weight excluding hydrogens is 260 g/mol. The highest BCUT2D eigenvalue weighted by Gasteiger charge is 2.42. The number of piperidine rings is 1. The Labute approximate surface area is 118 Å². The van der Waals surface area contributed by atoms with Crippen LogP contribution in [0.5, 0.6) is 0 Å². The minimum atomic E-state index is -0.818. The van der Waals surface area contributed by atoms with E-state index in [0.717, 1.165) is 12.8 Å². The Morgan fingerprint density at radius 2 is 2.10 bits per heavy atom. The Balaban J connectivity index is 2.11. The van der Waals surface area contributed by atoms with E-state index in [-0.39, 0.29) is 36.9 Å². The Kier molecular flexibility index (Phi) is 3.99. The minimum absolute atomic E-state index is 0.0294. The maximum Gasteiger partial charge on any atom is 0.245 e. The van der Waals surface area contributed by atoms with Crippen molar-refractivity contribution in [2.45, 2.75) is 39.2 Å². The van der Waals surface area contributed by atoms with Gasteiger partial charge in [0.25, 0.3) is 0 Å². The first kappa shape index (κ1) is 14.8. The van der Waals surface area contributed by atoms with Crippen molar-refractivity contribution in [1.29, 1.82) is 0 Å². The number of rotatable bonds is 3. The van der Waals surface area contributed by atoms with Crippen LogP contribution in [-0.4, -0.2) is 53.2 Å². The van der Waals surface area contributed by atoms with Crippen LogP contribution in [0.15, 0.2) is 0 Å². The summed E-state index contributed by atoms with van der Waals surface area (Å²) in [5.41, 5.74) is 1.29. The Hall–Kier alpha value is -1.63. The minimum Gasteiger partial charge on any atom is -0.331 e. The lowest BCUT2D eigenvalue weighted by atomic mass is 9.90. The highest BCUT2D eigenvalue weighted by Crippen LogP contribution is 2.26. The highest BCUT2D eigenvalue weighted by molar-refractivity contribution is 5.95. The van der Waals surface area contributed by atoms with Crippen LogP contribution >= 0.6 is 0 Å². The number of fused-ring (bicyclic) bond motifs is 1. The van der Waals surface area contributed by atoms with Crippen LogP contribution in [0.4, 0.5) is 0 Å². The molecule has 2 heterocycles. The maximum absolute atomic E-state index is 12.5. The van der Waals surface area contributed by atoms with Gasteiger partial charge >= 0.3 is 0 Å². The second-order valence-electron chi connectivity index (χ2n) is 6.15. The van der Waals surface area contributed by atoms with Crippen molar-refractivity contribution >= 4 is 17.7 Å². The smallest absolute Gasteiger partial charge is 0.245 e. The Bertz CT molecular complexity index is 435. The van der Waals surface area contributed by atoms with Crippen molar-refractivity contribution in [3.8, 4) is 0 Å². The molecular formula is C13H22N4O3. The molecule has 3 amide bonds. The van der Waals surface area contributed by atoms with Gasteiger partial charge in [-0.2, -0.15) is 0 Å². The molecule has 2 saturated heterocycles. The molecule has 2 fully saturated rings. The number of nitrogens with one attached hydrogen (secondary N) is 1. The molecule has 3 N–H and O–H groups in total. The monoisotopic (exact) mass is 282 g/mol. The van der Waals surface area contributed by atoms with E-state index in [1.165, 1.54) is 4.90 Å². The standard InChI is InChI=1S/C13H22N4O3/c1-13(2,12(20)15-14)8-16-7-10(18)17-6-4-3-5-9(17)11(16)19/h9H,3-8,14H2,1-2H3,(H,15,20). The molecule has 0 aromatic heterocycles. The molecule has 0 radical (unpaired) electrons. The van der Waals surface area contributed by atoms with Crippen molar-refractivity contribution in [1.82, 2.24) is 15.2 Å². The quantitative estimate of drug-likeness (QED) is 0.403. The lowest BCUT2D eigenvalue weighted by Gasteiger charge is -2.44. The van der Waals surface area contributed by atoms with Crippen molar-refractivity contribution in [3.63, 3.8) is 0 Å². The van der Waals surface area contributed by atoms with Gasteiger partial charge in [-0.25, -0.2) is 5.84 Å². The third-order valence-corrected chi connectivity index (χ3v) is 4.08. The third-order valence-electron chi connectivity index (χ3n) is 4.08. The molecule has 0 bridgehead atoms. The molecule has 0 aliphatic carbocycles. The summed E-state index contributed by atoms with van der Waals surface area (Å²) >= 11 is 0. The SMILES string of the molecule is CC(C)(CN1CC(=O)N2CCCCC2C1=O)C(=O)NN. The van der Waals surface area contributed by atoms with Gasteiger partial charge in [0.05, 0.1) is 12.0 Å². The summed E-state index contributed by atoms with van der Waals surface area (Å²) in [4.78, 5) is 39.5. The van der Waals surface area contributed by atoms with Gasteiger partial charge in [0.2, 0.25) is 17.7 Å². The maximum atomic E-state index is 12.5. The van der Waals surface area contributed by atoms with E-state index < -0.39 is 5.41 Å². The molecule has 2 aliphatic rings. The Morgan fingerprint density at radius 1 is 1.40 bits per heavy atom. The van der Waals surface area contributed by atoms with Crippen LogP contribution in [0.25, 0.3) is 0 Å². The number of nitrogens with zero attached hydrogens (tertiary/aromatic N) is 2. The number of carbonyl (C=O) groups excluding carboxylic acids is 3. The molecule has 1 unspecified atom stereocenters. The summed E-state index contributed by atoms with van der Waals surface area (Å²) in [6.45, 7) is 4.33. The van der Waals surface area contributed by atoms with Gasteiger partial charge in [0.15, 0.2) is 0 Å². The van der Waals surface area contributed by atoms with Gasteiger partial charge in [0, 0.05) is 13.1 Å². The Morgan fingerprint density at radius 3 is 2.75 bits per heavy atom. The lowest BCUT2D eigenvalue weighted by molar-refractivity contribution is -0.159. The third kappa shape index (κ3) is 2.63. The van der Waals surface area contributed by atoms with Gasteiger partial charge in [0.1, 0.15) is 6.04 Å². The predicted octanol–water partition coefficient (Wildman–Crippen LogP) is -0.774. The first-order chi connectivity index (χ1) is 9.36. The number of nitrogens with two attached hydrogens (primary N) is 1. The van der Waals surface area contributed by atoms with Gasteiger partial charge < -0.3 is 9.80 Å². The number of hydrogen-bond donors (Lipinski definition) is 2. The van der Waals surface area contributed by atoms with Crippen molar-refractivity contribution in [3.05, 3.63) is 0 Å². The normalized spacial score (nSPS) is 23.6. The highest BCUT2D eigenvalue weighted by atomic mass is 16.2. The molecule has 2 aliphatic heterocycles. The van der Waals surface area contributed by atoms with E-state index in [1.807, 2.05) is 0 Å². The molecule has 112 valence electrons. The topological polar surface area (TPSA) is 95.7 Å². The average molecular weight is 282 g/mol. The summed E-state index contributed by atoms with van der Waals surface area (Å²) in [5.74, 6) is 4.73. The fourth-order valence-electron chi connectivity index (χ4n) is 2.91. The van der Waals surface area contributed by atoms with E-state index in [9.17, 15) is 14.4 Å².